The largest absolute Gasteiger partial charge is 0.488 e. The normalized spacial score (nSPS) is 18.1. The number of alkyl halides is 2. The molecule has 0 N–H and O–H groups in total. The first-order chi connectivity index (χ1) is 17.6. The lowest BCUT2D eigenvalue weighted by Crippen LogP contribution is -2.43. The summed E-state index contributed by atoms with van der Waals surface area (Å²) < 4.78 is 36.1. The zero-order valence-corrected chi connectivity index (χ0v) is 23.2. The molecular weight excluding hydrogens is 587 g/mol. The molecule has 1 saturated carbocycles. The maximum absolute atomic E-state index is 13.9. The highest BCUT2D eigenvalue weighted by atomic mass is 127. The minimum Gasteiger partial charge on any atom is -0.488 e. The lowest BCUT2D eigenvalue weighted by atomic mass is 9.89. The molecule has 0 radical (unpaired) electrons. The Labute approximate surface area is 225 Å². The van der Waals surface area contributed by atoms with Crippen LogP contribution in [0.15, 0.2) is 53.8 Å². The number of halogens is 3. The fourth-order valence-corrected chi connectivity index (χ4v) is 7.50. The van der Waals surface area contributed by atoms with Gasteiger partial charge in [0.05, 0.1) is 20.6 Å². The molecule has 0 bridgehead atoms. The molecule has 2 aliphatic rings. The molecule has 9 heteroatoms. The third kappa shape index (κ3) is 5.49. The van der Waals surface area contributed by atoms with Crippen molar-refractivity contribution in [2.45, 2.75) is 65.0 Å². The molecule has 0 amide bonds. The van der Waals surface area contributed by atoms with Gasteiger partial charge < -0.3 is 4.74 Å². The van der Waals surface area contributed by atoms with E-state index in [1.807, 2.05) is 41.4 Å². The Hall–Kier alpha value is -3.00. The highest BCUT2D eigenvalue weighted by Crippen LogP contribution is 2.41. The van der Waals surface area contributed by atoms with Crippen LogP contribution in [0.5, 0.6) is 5.75 Å². The molecule has 37 heavy (non-hydrogen) atoms. The van der Waals surface area contributed by atoms with Gasteiger partial charge in [-0.2, -0.15) is 10.4 Å². The summed E-state index contributed by atoms with van der Waals surface area (Å²) in [5.74, 6) is -2.05. The van der Waals surface area contributed by atoms with Crippen molar-refractivity contribution in [1.29, 1.82) is 5.26 Å². The third-order valence-corrected chi connectivity index (χ3v) is 10.4. The van der Waals surface area contributed by atoms with E-state index < -0.39 is 26.7 Å². The summed E-state index contributed by atoms with van der Waals surface area (Å²) in [5.41, 5.74) is 2.44. The van der Waals surface area contributed by atoms with Gasteiger partial charge in [-0.15, -0.1) is 0 Å². The number of ether oxygens (including phenoxy) is 1. The second-order valence-electron chi connectivity index (χ2n) is 10.4. The van der Waals surface area contributed by atoms with Gasteiger partial charge in [0.15, 0.2) is 5.69 Å². The Morgan fingerprint density at radius 2 is 1.89 bits per heavy atom. The first-order valence-electron chi connectivity index (χ1n) is 12.3. The van der Waals surface area contributed by atoms with Crippen molar-refractivity contribution in [3.8, 4) is 11.8 Å². The first kappa shape index (κ1) is 25.6. The molecule has 3 heterocycles. The number of fused-ring (bicyclic) bond motifs is 1. The number of benzene rings is 1. The number of rotatable bonds is 5. The highest BCUT2D eigenvalue weighted by molar-refractivity contribution is 14.2. The summed E-state index contributed by atoms with van der Waals surface area (Å²) >= 11 is -0.678. The summed E-state index contributed by atoms with van der Waals surface area (Å²) in [7, 11) is 0. The van der Waals surface area contributed by atoms with Crippen LogP contribution < -0.4 is 4.74 Å². The Bertz CT molecular complexity index is 1420. The standard InChI is InChI=1S/C28H28F2IN5O/c1-27(2,3)26-31-25(35-36(26)19-9-12-28(29,30)13-10-19)21-15-23(37-17-18-7-5-4-6-8-18)24-20(34-21)11-14-33-22(24)16-32/h4-8,11,14-15,19H,9-10,12-13,17H2,1-3H3. The molecule has 1 aliphatic carbocycles. The molecule has 5 rings (SSSR count). The van der Waals surface area contributed by atoms with Gasteiger partial charge in [-0.25, -0.2) is 18.7 Å². The number of pyridine rings is 2. The lowest BCUT2D eigenvalue weighted by Gasteiger charge is -2.37. The predicted molar refractivity (Wildman–Crippen MR) is 149 cm³/mol. The molecule has 1 fully saturated rings. The maximum Gasteiger partial charge on any atom is 0.248 e. The molecule has 6 nitrogen and oxygen atoms in total. The van der Waals surface area contributed by atoms with Crippen LogP contribution in [0.1, 0.15) is 63.4 Å². The van der Waals surface area contributed by atoms with Crippen LogP contribution in [0.2, 0.25) is 0 Å². The van der Waals surface area contributed by atoms with E-state index in [2.05, 4.69) is 31.8 Å². The zero-order chi connectivity index (χ0) is 26.2. The van der Waals surface area contributed by atoms with Crippen LogP contribution in [-0.2, 0) is 6.61 Å². The van der Waals surface area contributed by atoms with E-state index in [0.29, 0.717) is 41.8 Å². The molecule has 0 atom stereocenters. The van der Waals surface area contributed by atoms with E-state index in [9.17, 15) is 14.0 Å². The van der Waals surface area contributed by atoms with Crippen LogP contribution in [0.4, 0.5) is 8.78 Å². The van der Waals surface area contributed by atoms with Crippen molar-refractivity contribution in [3.05, 3.63) is 65.6 Å². The van der Waals surface area contributed by atoms with E-state index in [0.717, 1.165) is 9.28 Å². The monoisotopic (exact) mass is 615 g/mol. The van der Waals surface area contributed by atoms with E-state index in [-0.39, 0.29) is 30.0 Å². The fraction of sp³-hybridized carbons (Fsp3) is 0.393. The number of aromatic nitrogens is 2. The van der Waals surface area contributed by atoms with Gasteiger partial charge >= 0.3 is 0 Å². The van der Waals surface area contributed by atoms with Crippen LogP contribution >= 0.6 is 20.7 Å². The number of hydrogen-bond donors (Lipinski definition) is 0. The van der Waals surface area contributed by atoms with E-state index in [1.54, 1.807) is 12.3 Å². The average molecular weight is 615 g/mol. The number of hydrazone groups is 1. The van der Waals surface area contributed by atoms with E-state index in [1.165, 1.54) is 3.63 Å². The lowest BCUT2D eigenvalue weighted by molar-refractivity contribution is -0.0477. The Kier molecular flexibility index (Phi) is 6.96. The second kappa shape index (κ2) is 10.0. The van der Waals surface area contributed by atoms with Crippen LogP contribution in [0.25, 0.3) is 10.9 Å². The predicted octanol–water partition coefficient (Wildman–Crippen LogP) is 6.78. The summed E-state index contributed by atoms with van der Waals surface area (Å²) in [6.45, 7) is 6.79. The SMILES string of the molecule is CC(C)(C)C1=IC(c2cc(OCc3ccccc3)c3c(C#N)nccc3n2)=NN1C1CCC(F)(F)CC1. The van der Waals surface area contributed by atoms with Crippen LogP contribution in [-0.4, -0.2) is 34.3 Å². The number of hydrogen-bond acceptors (Lipinski definition) is 6. The smallest absolute Gasteiger partial charge is 0.248 e. The summed E-state index contributed by atoms with van der Waals surface area (Å²) in [4.78, 5) is 9.09. The van der Waals surface area contributed by atoms with Gasteiger partial charge in [0.2, 0.25) is 5.92 Å². The van der Waals surface area contributed by atoms with E-state index >= 15 is 0 Å². The minimum absolute atomic E-state index is 0.0327. The molecular formula is C28H28F2IN5O. The van der Waals surface area contributed by atoms with Crippen molar-refractivity contribution in [1.82, 2.24) is 15.0 Å². The molecule has 0 unspecified atom stereocenters. The Morgan fingerprint density at radius 3 is 2.57 bits per heavy atom. The van der Waals surface area contributed by atoms with E-state index in [4.69, 9.17) is 14.8 Å². The van der Waals surface area contributed by atoms with Crippen molar-refractivity contribution in [3.63, 3.8) is 0 Å². The topological polar surface area (TPSA) is 74.4 Å². The highest BCUT2D eigenvalue weighted by Gasteiger charge is 2.41. The number of nitriles is 1. The molecule has 0 saturated heterocycles. The van der Waals surface area contributed by atoms with Gasteiger partial charge in [0.25, 0.3) is 0 Å². The summed E-state index contributed by atoms with van der Waals surface area (Å²) in [5, 5.41) is 17.3. The van der Waals surface area contributed by atoms with Crippen LogP contribution in [0, 0.1) is 16.7 Å². The molecule has 1 aliphatic heterocycles. The van der Waals surface area contributed by atoms with Crippen molar-refractivity contribution in [2.75, 3.05) is 0 Å². The second-order valence-corrected chi connectivity index (χ2v) is 13.0. The zero-order valence-electron chi connectivity index (χ0n) is 21.0. The van der Waals surface area contributed by atoms with Gasteiger partial charge in [0.1, 0.15) is 27.8 Å². The minimum atomic E-state index is -2.59. The Morgan fingerprint density at radius 1 is 1.16 bits per heavy atom. The third-order valence-electron chi connectivity index (χ3n) is 6.47. The van der Waals surface area contributed by atoms with Gasteiger partial charge in [-0.05, 0) is 45.2 Å². The number of nitrogens with zero attached hydrogens (tertiary/aromatic N) is 5. The molecule has 1 aromatic carbocycles. The molecule has 3 aromatic rings. The van der Waals surface area contributed by atoms with Crippen molar-refractivity contribution in [2.24, 2.45) is 10.5 Å². The summed E-state index contributed by atoms with van der Waals surface area (Å²) in [6.07, 6.45) is 2.20. The first-order valence-corrected chi connectivity index (χ1v) is 14.5. The van der Waals surface area contributed by atoms with Gasteiger partial charge in [-0.3, -0.25) is 5.01 Å². The fourth-order valence-electron chi connectivity index (χ4n) is 4.57. The van der Waals surface area contributed by atoms with Crippen LogP contribution in [0.3, 0.4) is 0 Å². The van der Waals surface area contributed by atoms with Gasteiger partial charge in [0, 0.05) is 30.5 Å². The Balaban J connectivity index is 1.55. The summed E-state index contributed by atoms with van der Waals surface area (Å²) in [6, 6.07) is 15.6. The molecule has 2 aromatic heterocycles. The average Bonchev–Trinajstić information content (AvgIpc) is 3.33. The maximum atomic E-state index is 13.9. The van der Waals surface area contributed by atoms with Gasteiger partial charge in [-0.1, -0.05) is 51.1 Å². The van der Waals surface area contributed by atoms with Crippen molar-refractivity contribution >= 4 is 39.0 Å². The molecule has 0 spiro atoms. The molecule has 192 valence electrons. The quantitative estimate of drug-likeness (QED) is 0.296. The van der Waals surface area contributed by atoms with Crippen molar-refractivity contribution < 1.29 is 13.5 Å².